The van der Waals surface area contributed by atoms with Crippen LogP contribution in [0.1, 0.15) is 5.69 Å². The lowest BCUT2D eigenvalue weighted by molar-refractivity contribution is 0.410. The van der Waals surface area contributed by atoms with Crippen molar-refractivity contribution in [3.8, 4) is 5.75 Å². The first-order valence-electron chi connectivity index (χ1n) is 5.25. The summed E-state index contributed by atoms with van der Waals surface area (Å²) in [4.78, 5) is 0.142. The SMILES string of the molecule is COc1ccc(S(=O)(=O)NCc2ccon2)cc1Br. The Morgan fingerprint density at radius 3 is 2.79 bits per heavy atom. The molecule has 0 radical (unpaired) electrons. The fourth-order valence-electron chi connectivity index (χ4n) is 1.40. The largest absolute Gasteiger partial charge is 0.496 e. The number of nitrogens with one attached hydrogen (secondary N) is 1. The van der Waals surface area contributed by atoms with E-state index in [4.69, 9.17) is 4.74 Å². The Kier molecular flexibility index (Phi) is 4.23. The second-order valence-corrected chi connectivity index (χ2v) is 6.23. The summed E-state index contributed by atoms with van der Waals surface area (Å²) in [6, 6.07) is 6.11. The lowest BCUT2D eigenvalue weighted by Crippen LogP contribution is -2.23. The molecule has 0 spiro atoms. The topological polar surface area (TPSA) is 81.4 Å². The molecule has 0 aliphatic heterocycles. The van der Waals surface area contributed by atoms with Gasteiger partial charge in [0, 0.05) is 6.07 Å². The first-order valence-corrected chi connectivity index (χ1v) is 7.53. The minimum absolute atomic E-state index is 0.0719. The van der Waals surface area contributed by atoms with Crippen molar-refractivity contribution in [2.24, 2.45) is 0 Å². The van der Waals surface area contributed by atoms with Crippen LogP contribution in [0.15, 0.2) is 44.4 Å². The highest BCUT2D eigenvalue weighted by molar-refractivity contribution is 9.10. The van der Waals surface area contributed by atoms with E-state index in [1.807, 2.05) is 0 Å². The number of benzene rings is 1. The standard InChI is InChI=1S/C11H11BrN2O4S/c1-17-11-3-2-9(6-10(11)12)19(15,16)13-7-8-4-5-18-14-8/h2-6,13H,7H2,1H3. The Morgan fingerprint density at radius 1 is 1.42 bits per heavy atom. The predicted molar refractivity (Wildman–Crippen MR) is 71.2 cm³/mol. The summed E-state index contributed by atoms with van der Waals surface area (Å²) in [5.41, 5.74) is 0.510. The van der Waals surface area contributed by atoms with Crippen LogP contribution in [0.2, 0.25) is 0 Å². The number of methoxy groups -OCH3 is 1. The van der Waals surface area contributed by atoms with Crippen molar-refractivity contribution in [2.75, 3.05) is 7.11 Å². The number of nitrogens with zero attached hydrogens (tertiary/aromatic N) is 1. The molecule has 2 aromatic rings. The second kappa shape index (κ2) is 5.72. The quantitative estimate of drug-likeness (QED) is 0.894. The maximum absolute atomic E-state index is 12.0. The zero-order valence-corrected chi connectivity index (χ0v) is 12.4. The molecule has 1 N–H and O–H groups in total. The van der Waals surface area contributed by atoms with Crippen LogP contribution in [0.4, 0.5) is 0 Å². The van der Waals surface area contributed by atoms with Gasteiger partial charge in [0.2, 0.25) is 10.0 Å². The maximum Gasteiger partial charge on any atom is 0.240 e. The van der Waals surface area contributed by atoms with Crippen LogP contribution in [-0.2, 0) is 16.6 Å². The van der Waals surface area contributed by atoms with Gasteiger partial charge in [0.15, 0.2) is 0 Å². The number of halogens is 1. The highest BCUT2D eigenvalue weighted by atomic mass is 79.9. The number of hydrogen-bond acceptors (Lipinski definition) is 5. The first kappa shape index (κ1) is 14.0. The fourth-order valence-corrected chi connectivity index (χ4v) is 3.11. The van der Waals surface area contributed by atoms with Crippen molar-refractivity contribution in [3.05, 3.63) is 40.7 Å². The molecule has 2 rings (SSSR count). The average molecular weight is 347 g/mol. The van der Waals surface area contributed by atoms with Crippen LogP contribution in [0, 0.1) is 0 Å². The van der Waals surface area contributed by atoms with Crippen LogP contribution in [0.25, 0.3) is 0 Å². The molecule has 0 amide bonds. The van der Waals surface area contributed by atoms with E-state index < -0.39 is 10.0 Å². The molecule has 1 aromatic heterocycles. The fraction of sp³-hybridized carbons (Fsp3) is 0.182. The Bertz CT molecular complexity index is 655. The van der Waals surface area contributed by atoms with Gasteiger partial charge in [-0.05, 0) is 34.1 Å². The lowest BCUT2D eigenvalue weighted by atomic mass is 10.3. The van der Waals surface area contributed by atoms with Gasteiger partial charge in [-0.1, -0.05) is 5.16 Å². The zero-order chi connectivity index (χ0) is 13.9. The van der Waals surface area contributed by atoms with Crippen molar-refractivity contribution in [1.82, 2.24) is 9.88 Å². The molecule has 8 heteroatoms. The van der Waals surface area contributed by atoms with Gasteiger partial charge in [0.25, 0.3) is 0 Å². The number of rotatable bonds is 5. The summed E-state index contributed by atoms with van der Waals surface area (Å²) >= 11 is 3.25. The van der Waals surface area contributed by atoms with E-state index >= 15 is 0 Å². The Labute approximate surface area is 118 Å². The van der Waals surface area contributed by atoms with E-state index in [9.17, 15) is 8.42 Å². The molecular weight excluding hydrogens is 336 g/mol. The van der Waals surface area contributed by atoms with Crippen LogP contribution in [-0.4, -0.2) is 20.7 Å². The van der Waals surface area contributed by atoms with Crippen molar-refractivity contribution in [3.63, 3.8) is 0 Å². The number of aromatic nitrogens is 1. The molecule has 0 aliphatic carbocycles. The van der Waals surface area contributed by atoms with Gasteiger partial charge in [0.1, 0.15) is 12.0 Å². The predicted octanol–water partition coefficient (Wildman–Crippen LogP) is 1.92. The molecular formula is C11H11BrN2O4S. The average Bonchev–Trinajstić information content (AvgIpc) is 2.89. The Hall–Kier alpha value is -1.38. The molecule has 1 heterocycles. The Balaban J connectivity index is 2.17. The Morgan fingerprint density at radius 2 is 2.21 bits per heavy atom. The summed E-state index contributed by atoms with van der Waals surface area (Å²) in [5.74, 6) is 0.565. The van der Waals surface area contributed by atoms with Gasteiger partial charge in [0.05, 0.1) is 28.7 Å². The summed E-state index contributed by atoms with van der Waals surface area (Å²) in [6.07, 6.45) is 1.38. The van der Waals surface area contributed by atoms with E-state index in [0.717, 1.165) is 0 Å². The summed E-state index contributed by atoms with van der Waals surface area (Å²) in [6.45, 7) is 0.0719. The molecule has 1 aromatic carbocycles. The van der Waals surface area contributed by atoms with Crippen molar-refractivity contribution < 1.29 is 17.7 Å². The van der Waals surface area contributed by atoms with E-state index in [2.05, 4.69) is 30.3 Å². The smallest absolute Gasteiger partial charge is 0.240 e. The van der Waals surface area contributed by atoms with Gasteiger partial charge >= 0.3 is 0 Å². The molecule has 0 saturated heterocycles. The number of sulfonamides is 1. The van der Waals surface area contributed by atoms with Crippen molar-refractivity contribution in [1.29, 1.82) is 0 Å². The van der Waals surface area contributed by atoms with Crippen LogP contribution in [0.5, 0.6) is 5.75 Å². The van der Waals surface area contributed by atoms with Crippen molar-refractivity contribution in [2.45, 2.75) is 11.4 Å². The summed E-state index contributed by atoms with van der Waals surface area (Å²) < 4.78 is 36.8. The molecule has 102 valence electrons. The molecule has 0 unspecified atom stereocenters. The van der Waals surface area contributed by atoms with Gasteiger partial charge in [-0.25, -0.2) is 13.1 Å². The van der Waals surface area contributed by atoms with Crippen LogP contribution < -0.4 is 9.46 Å². The third-order valence-corrected chi connectivity index (χ3v) is 4.39. The minimum atomic E-state index is -3.60. The lowest BCUT2D eigenvalue weighted by Gasteiger charge is -2.08. The number of hydrogen-bond donors (Lipinski definition) is 1. The van der Waals surface area contributed by atoms with E-state index in [1.165, 1.54) is 25.5 Å². The highest BCUT2D eigenvalue weighted by Gasteiger charge is 2.16. The third-order valence-electron chi connectivity index (χ3n) is 2.37. The normalized spacial score (nSPS) is 11.5. The summed E-state index contributed by atoms with van der Waals surface area (Å²) in [7, 11) is -2.09. The maximum atomic E-state index is 12.0. The monoisotopic (exact) mass is 346 g/mol. The third kappa shape index (κ3) is 3.34. The van der Waals surface area contributed by atoms with Gasteiger partial charge < -0.3 is 9.26 Å². The number of ether oxygens (including phenoxy) is 1. The molecule has 0 aliphatic rings. The van der Waals surface area contributed by atoms with Crippen LogP contribution in [0.3, 0.4) is 0 Å². The molecule has 0 saturated carbocycles. The molecule has 19 heavy (non-hydrogen) atoms. The second-order valence-electron chi connectivity index (χ2n) is 3.61. The van der Waals surface area contributed by atoms with Crippen LogP contribution >= 0.6 is 15.9 Å². The van der Waals surface area contributed by atoms with Gasteiger partial charge in [-0.15, -0.1) is 0 Å². The molecule has 0 bridgehead atoms. The molecule has 6 nitrogen and oxygen atoms in total. The minimum Gasteiger partial charge on any atom is -0.496 e. The van der Waals surface area contributed by atoms with E-state index in [-0.39, 0.29) is 11.4 Å². The van der Waals surface area contributed by atoms with E-state index in [0.29, 0.717) is 15.9 Å². The van der Waals surface area contributed by atoms with Crippen molar-refractivity contribution >= 4 is 26.0 Å². The molecule has 0 atom stereocenters. The van der Waals surface area contributed by atoms with Gasteiger partial charge in [-0.3, -0.25) is 0 Å². The molecule has 0 fully saturated rings. The summed E-state index contributed by atoms with van der Waals surface area (Å²) in [5, 5.41) is 3.63. The van der Waals surface area contributed by atoms with E-state index in [1.54, 1.807) is 12.1 Å². The van der Waals surface area contributed by atoms with Gasteiger partial charge in [-0.2, -0.15) is 0 Å². The zero-order valence-electron chi connectivity index (χ0n) is 9.96. The highest BCUT2D eigenvalue weighted by Crippen LogP contribution is 2.27. The first-order chi connectivity index (χ1) is 9.03.